The normalized spacial score (nSPS) is 17.7. The van der Waals surface area contributed by atoms with Crippen molar-refractivity contribution < 1.29 is 9.59 Å². The number of carbonyl (C=O) groups excluding carboxylic acids is 2. The Kier molecular flexibility index (Phi) is 5.20. The molecule has 3 heterocycles. The number of aromatic nitrogens is 2. The Bertz CT molecular complexity index is 716. The first-order chi connectivity index (χ1) is 11.6. The smallest absolute Gasteiger partial charge is 0.222 e. The first-order valence-corrected chi connectivity index (χ1v) is 8.94. The van der Waals surface area contributed by atoms with Crippen molar-refractivity contribution in [3.05, 3.63) is 41.2 Å². The third kappa shape index (κ3) is 3.97. The van der Waals surface area contributed by atoms with Crippen molar-refractivity contribution in [1.29, 1.82) is 0 Å². The van der Waals surface area contributed by atoms with Gasteiger partial charge in [-0.15, -0.1) is 11.3 Å². The highest BCUT2D eigenvalue weighted by molar-refractivity contribution is 7.13. The topological polar surface area (TPSA) is 89.2 Å². The minimum atomic E-state index is -0.160. The van der Waals surface area contributed by atoms with Gasteiger partial charge in [-0.05, 0) is 31.4 Å². The standard InChI is InChI=1S/C17H20N4O2S/c18-17-20-13(11-24-17)6-7-15(22)21-9-3-4-12(10-21)16(23)14-5-1-2-8-19-14/h1-2,5,8,11-12H,3-4,6-7,9-10H2,(H2,18,20). The van der Waals surface area contributed by atoms with Gasteiger partial charge in [0.25, 0.3) is 0 Å². The first kappa shape index (κ1) is 16.6. The Morgan fingerprint density at radius 1 is 1.38 bits per heavy atom. The van der Waals surface area contributed by atoms with Crippen LogP contribution in [0.25, 0.3) is 0 Å². The van der Waals surface area contributed by atoms with Crippen LogP contribution in [0.5, 0.6) is 0 Å². The van der Waals surface area contributed by atoms with E-state index in [9.17, 15) is 9.59 Å². The van der Waals surface area contributed by atoms with Gasteiger partial charge in [-0.3, -0.25) is 14.6 Å². The first-order valence-electron chi connectivity index (χ1n) is 8.06. The van der Waals surface area contributed by atoms with Crippen molar-refractivity contribution in [2.24, 2.45) is 5.92 Å². The number of Topliss-reactive ketones (excluding diaryl/α,β-unsaturated/α-hetero) is 1. The van der Waals surface area contributed by atoms with Gasteiger partial charge in [0.15, 0.2) is 10.9 Å². The lowest BCUT2D eigenvalue weighted by atomic mass is 9.91. The second-order valence-electron chi connectivity index (χ2n) is 5.94. The quantitative estimate of drug-likeness (QED) is 0.840. The number of thiazole rings is 1. The predicted molar refractivity (Wildman–Crippen MR) is 92.7 cm³/mol. The largest absolute Gasteiger partial charge is 0.375 e. The highest BCUT2D eigenvalue weighted by atomic mass is 32.1. The monoisotopic (exact) mass is 344 g/mol. The fourth-order valence-corrected chi connectivity index (χ4v) is 3.56. The summed E-state index contributed by atoms with van der Waals surface area (Å²) in [5.41, 5.74) is 6.94. The molecule has 0 aromatic carbocycles. The van der Waals surface area contributed by atoms with E-state index in [-0.39, 0.29) is 17.6 Å². The summed E-state index contributed by atoms with van der Waals surface area (Å²) in [5.74, 6) is -0.0621. The molecular weight excluding hydrogens is 324 g/mol. The number of ketones is 1. The van der Waals surface area contributed by atoms with Gasteiger partial charge in [-0.2, -0.15) is 0 Å². The number of rotatable bonds is 5. The van der Waals surface area contributed by atoms with Gasteiger partial charge in [0.2, 0.25) is 5.91 Å². The molecule has 0 radical (unpaired) electrons. The van der Waals surface area contributed by atoms with E-state index in [0.717, 1.165) is 18.5 Å². The number of piperidine rings is 1. The highest BCUT2D eigenvalue weighted by Crippen LogP contribution is 2.21. The summed E-state index contributed by atoms with van der Waals surface area (Å²) in [6.07, 6.45) is 4.26. The van der Waals surface area contributed by atoms with Gasteiger partial charge < -0.3 is 10.6 Å². The number of amides is 1. The Morgan fingerprint density at radius 3 is 2.96 bits per heavy atom. The molecule has 3 rings (SSSR count). The van der Waals surface area contributed by atoms with Gasteiger partial charge in [-0.25, -0.2) is 4.98 Å². The maximum atomic E-state index is 12.5. The van der Waals surface area contributed by atoms with Gasteiger partial charge in [0.05, 0.1) is 5.69 Å². The minimum absolute atomic E-state index is 0.0281. The second kappa shape index (κ2) is 7.53. The summed E-state index contributed by atoms with van der Waals surface area (Å²) in [7, 11) is 0. The van der Waals surface area contributed by atoms with Crippen molar-refractivity contribution in [2.75, 3.05) is 18.8 Å². The molecule has 6 nitrogen and oxygen atoms in total. The van der Waals surface area contributed by atoms with E-state index in [1.807, 2.05) is 11.4 Å². The van der Waals surface area contributed by atoms with Crippen molar-refractivity contribution in [3.8, 4) is 0 Å². The van der Waals surface area contributed by atoms with Crippen LogP contribution in [0.15, 0.2) is 29.8 Å². The summed E-state index contributed by atoms with van der Waals surface area (Å²) in [4.78, 5) is 35.1. The molecule has 1 saturated heterocycles. The number of anilines is 1. The van der Waals surface area contributed by atoms with Crippen molar-refractivity contribution in [1.82, 2.24) is 14.9 Å². The van der Waals surface area contributed by atoms with Crippen LogP contribution in [0.1, 0.15) is 35.4 Å². The SMILES string of the molecule is Nc1nc(CCC(=O)N2CCCC(C(=O)c3ccccn3)C2)cs1. The van der Waals surface area contributed by atoms with E-state index < -0.39 is 0 Å². The van der Waals surface area contributed by atoms with Crippen molar-refractivity contribution >= 4 is 28.2 Å². The van der Waals surface area contributed by atoms with E-state index in [1.165, 1.54) is 11.3 Å². The van der Waals surface area contributed by atoms with Gasteiger partial charge in [0, 0.05) is 37.0 Å². The number of hydrogen-bond donors (Lipinski definition) is 1. The summed E-state index contributed by atoms with van der Waals surface area (Å²) in [6, 6.07) is 5.33. The zero-order chi connectivity index (χ0) is 16.9. The van der Waals surface area contributed by atoms with E-state index in [4.69, 9.17) is 5.73 Å². The Balaban J connectivity index is 1.56. The number of carbonyl (C=O) groups is 2. The average molecular weight is 344 g/mol. The lowest BCUT2D eigenvalue weighted by molar-refractivity contribution is -0.132. The molecule has 1 aliphatic rings. The van der Waals surface area contributed by atoms with E-state index >= 15 is 0 Å². The summed E-state index contributed by atoms with van der Waals surface area (Å²) < 4.78 is 0. The van der Waals surface area contributed by atoms with Crippen molar-refractivity contribution in [3.63, 3.8) is 0 Å². The number of nitrogen functional groups attached to an aromatic ring is 1. The fraction of sp³-hybridized carbons (Fsp3) is 0.412. The molecule has 2 aromatic rings. The number of pyridine rings is 1. The lowest BCUT2D eigenvalue weighted by Crippen LogP contribution is -2.42. The van der Waals surface area contributed by atoms with Gasteiger partial charge >= 0.3 is 0 Å². The highest BCUT2D eigenvalue weighted by Gasteiger charge is 2.29. The fourth-order valence-electron chi connectivity index (χ4n) is 2.97. The zero-order valence-corrected chi connectivity index (χ0v) is 14.2. The maximum Gasteiger partial charge on any atom is 0.222 e. The van der Waals surface area contributed by atoms with Crippen LogP contribution in [0, 0.1) is 5.92 Å². The molecule has 24 heavy (non-hydrogen) atoms. The predicted octanol–water partition coefficient (Wildman–Crippen LogP) is 2.17. The third-order valence-electron chi connectivity index (χ3n) is 4.23. The lowest BCUT2D eigenvalue weighted by Gasteiger charge is -2.32. The van der Waals surface area contributed by atoms with Crippen molar-refractivity contribution in [2.45, 2.75) is 25.7 Å². The number of nitrogens with zero attached hydrogens (tertiary/aromatic N) is 3. The summed E-state index contributed by atoms with van der Waals surface area (Å²) >= 11 is 1.38. The van der Waals surface area contributed by atoms with E-state index in [1.54, 1.807) is 23.2 Å². The minimum Gasteiger partial charge on any atom is -0.375 e. The Hall–Kier alpha value is -2.28. The molecule has 7 heteroatoms. The molecule has 2 aromatic heterocycles. The molecule has 0 bridgehead atoms. The van der Waals surface area contributed by atoms with Gasteiger partial charge in [0.1, 0.15) is 5.69 Å². The van der Waals surface area contributed by atoms with Crippen LogP contribution in [0.2, 0.25) is 0 Å². The molecule has 1 amide bonds. The van der Waals surface area contributed by atoms with Crippen LogP contribution < -0.4 is 5.73 Å². The van der Waals surface area contributed by atoms with Crippen LogP contribution >= 0.6 is 11.3 Å². The van der Waals surface area contributed by atoms with Crippen LogP contribution in [0.4, 0.5) is 5.13 Å². The van der Waals surface area contributed by atoms with Crippen LogP contribution in [0.3, 0.4) is 0 Å². The van der Waals surface area contributed by atoms with Gasteiger partial charge in [-0.1, -0.05) is 6.07 Å². The second-order valence-corrected chi connectivity index (χ2v) is 6.82. The number of hydrogen-bond acceptors (Lipinski definition) is 6. The molecule has 0 spiro atoms. The maximum absolute atomic E-state index is 12.5. The number of aryl methyl sites for hydroxylation is 1. The molecule has 126 valence electrons. The molecule has 2 N–H and O–H groups in total. The third-order valence-corrected chi connectivity index (χ3v) is 4.95. The van der Waals surface area contributed by atoms with E-state index in [0.29, 0.717) is 36.8 Å². The molecule has 1 atom stereocenters. The summed E-state index contributed by atoms with van der Waals surface area (Å²) in [5, 5.41) is 2.41. The Labute approximate surface area is 144 Å². The number of nitrogens with two attached hydrogens (primary N) is 1. The number of likely N-dealkylation sites (tertiary alicyclic amines) is 1. The molecule has 1 fully saturated rings. The Morgan fingerprint density at radius 2 is 2.25 bits per heavy atom. The van der Waals surface area contributed by atoms with Crippen LogP contribution in [-0.2, 0) is 11.2 Å². The summed E-state index contributed by atoms with van der Waals surface area (Å²) in [6.45, 7) is 1.19. The molecular formula is C17H20N4O2S. The molecule has 1 unspecified atom stereocenters. The molecule has 1 aliphatic heterocycles. The zero-order valence-electron chi connectivity index (χ0n) is 13.4. The molecule has 0 aliphatic carbocycles. The average Bonchev–Trinajstić information content (AvgIpc) is 3.05. The molecule has 0 saturated carbocycles. The van der Waals surface area contributed by atoms with E-state index in [2.05, 4.69) is 9.97 Å². The van der Waals surface area contributed by atoms with Crippen LogP contribution in [-0.4, -0.2) is 39.6 Å².